The van der Waals surface area contributed by atoms with Gasteiger partial charge in [-0.05, 0) is 24.3 Å². The highest BCUT2D eigenvalue weighted by Crippen LogP contribution is 2.30. The van der Waals surface area contributed by atoms with Crippen LogP contribution in [0, 0.1) is 0 Å². The van der Waals surface area contributed by atoms with Crippen LogP contribution in [-0.2, 0) is 4.79 Å². The van der Waals surface area contributed by atoms with Crippen LogP contribution in [0.5, 0.6) is 0 Å². The molecule has 0 radical (unpaired) electrons. The average Bonchev–Trinajstić information content (AvgIpc) is 2.45. The summed E-state index contributed by atoms with van der Waals surface area (Å²) in [6.07, 6.45) is 0. The predicted molar refractivity (Wildman–Crippen MR) is 90.0 cm³/mol. The number of hydrogen-bond donors (Lipinski definition) is 2. The molecule has 0 aliphatic carbocycles. The van der Waals surface area contributed by atoms with E-state index in [1.165, 1.54) is 0 Å². The fourth-order valence-corrected chi connectivity index (χ4v) is 2.33. The summed E-state index contributed by atoms with van der Waals surface area (Å²) in [4.78, 5) is 11.9. The van der Waals surface area contributed by atoms with Crippen molar-refractivity contribution >= 4 is 63.7 Å². The first kappa shape index (κ1) is 16.2. The first-order valence-corrected chi connectivity index (χ1v) is 7.42. The van der Waals surface area contributed by atoms with Gasteiger partial charge < -0.3 is 10.6 Å². The van der Waals surface area contributed by atoms with Crippen LogP contribution < -0.4 is 10.6 Å². The second-order valence-electron chi connectivity index (χ2n) is 4.10. The number of halogens is 4. The minimum atomic E-state index is -0.282. The molecule has 0 bridgehead atoms. The molecule has 2 N–H and O–H groups in total. The summed E-state index contributed by atoms with van der Waals surface area (Å²) < 4.78 is 0. The fourth-order valence-electron chi connectivity index (χ4n) is 1.61. The highest BCUT2D eigenvalue weighted by molar-refractivity contribution is 6.44. The van der Waals surface area contributed by atoms with E-state index in [2.05, 4.69) is 10.6 Å². The van der Waals surface area contributed by atoms with Crippen LogP contribution in [0.1, 0.15) is 0 Å². The predicted octanol–water partition coefficient (Wildman–Crippen LogP) is 5.35. The number of hydrogen-bond acceptors (Lipinski definition) is 2. The lowest BCUT2D eigenvalue weighted by molar-refractivity contribution is -0.114. The first-order chi connectivity index (χ1) is 9.99. The number of amides is 1. The van der Waals surface area contributed by atoms with Crippen molar-refractivity contribution in [3.05, 3.63) is 56.5 Å². The van der Waals surface area contributed by atoms with Crippen molar-refractivity contribution in [3.8, 4) is 0 Å². The van der Waals surface area contributed by atoms with Crippen LogP contribution in [-0.4, -0.2) is 12.5 Å². The van der Waals surface area contributed by atoms with E-state index in [4.69, 9.17) is 46.4 Å². The molecule has 3 nitrogen and oxygen atoms in total. The zero-order valence-electron chi connectivity index (χ0n) is 10.6. The normalized spacial score (nSPS) is 10.3. The molecule has 21 heavy (non-hydrogen) atoms. The summed E-state index contributed by atoms with van der Waals surface area (Å²) in [5.74, 6) is -0.282. The number of benzene rings is 2. The Morgan fingerprint density at radius 1 is 0.857 bits per heavy atom. The van der Waals surface area contributed by atoms with Gasteiger partial charge in [-0.15, -0.1) is 0 Å². The molecule has 0 saturated heterocycles. The Bertz CT molecular complexity index is 676. The zero-order valence-corrected chi connectivity index (χ0v) is 13.6. The van der Waals surface area contributed by atoms with E-state index in [0.29, 0.717) is 31.5 Å². The maximum absolute atomic E-state index is 11.9. The van der Waals surface area contributed by atoms with Crippen LogP contribution in [0.2, 0.25) is 20.1 Å². The van der Waals surface area contributed by atoms with Gasteiger partial charge in [-0.1, -0.05) is 58.5 Å². The third-order valence-corrected chi connectivity index (χ3v) is 4.25. The van der Waals surface area contributed by atoms with Crippen molar-refractivity contribution in [2.24, 2.45) is 0 Å². The summed E-state index contributed by atoms with van der Waals surface area (Å²) >= 11 is 23.8. The maximum atomic E-state index is 11.9. The van der Waals surface area contributed by atoms with E-state index < -0.39 is 0 Å². The zero-order chi connectivity index (χ0) is 15.4. The van der Waals surface area contributed by atoms with E-state index in [0.717, 1.165) is 0 Å². The van der Waals surface area contributed by atoms with Crippen LogP contribution >= 0.6 is 46.4 Å². The van der Waals surface area contributed by atoms with E-state index >= 15 is 0 Å². The summed E-state index contributed by atoms with van der Waals surface area (Å²) in [5, 5.41) is 7.02. The van der Waals surface area contributed by atoms with Gasteiger partial charge in [0.25, 0.3) is 0 Å². The highest BCUT2D eigenvalue weighted by atomic mass is 35.5. The van der Waals surface area contributed by atoms with Gasteiger partial charge in [0.1, 0.15) is 0 Å². The van der Waals surface area contributed by atoms with E-state index in [1.807, 2.05) is 0 Å². The lowest BCUT2D eigenvalue weighted by Crippen LogP contribution is -2.22. The minimum absolute atomic E-state index is 0.0168. The molecule has 0 aromatic heterocycles. The Labute approximate surface area is 142 Å². The number of carbonyl (C=O) groups is 1. The SMILES string of the molecule is O=C(CNc1cccc(Cl)c1Cl)Nc1cccc(Cl)c1Cl. The maximum Gasteiger partial charge on any atom is 0.243 e. The molecule has 0 heterocycles. The Morgan fingerprint density at radius 2 is 1.38 bits per heavy atom. The molecule has 2 rings (SSSR count). The van der Waals surface area contributed by atoms with Crippen molar-refractivity contribution in [2.75, 3.05) is 17.2 Å². The van der Waals surface area contributed by atoms with Gasteiger partial charge in [0.05, 0.1) is 38.0 Å². The van der Waals surface area contributed by atoms with Crippen molar-refractivity contribution in [3.63, 3.8) is 0 Å². The smallest absolute Gasteiger partial charge is 0.243 e. The third kappa shape index (κ3) is 4.17. The molecule has 0 aliphatic heterocycles. The van der Waals surface area contributed by atoms with Crippen LogP contribution in [0.4, 0.5) is 11.4 Å². The van der Waals surface area contributed by atoms with Gasteiger partial charge in [0.15, 0.2) is 0 Å². The minimum Gasteiger partial charge on any atom is -0.375 e. The van der Waals surface area contributed by atoms with Crippen molar-refractivity contribution in [2.45, 2.75) is 0 Å². The number of rotatable bonds is 4. The van der Waals surface area contributed by atoms with Gasteiger partial charge in [-0.25, -0.2) is 0 Å². The third-order valence-electron chi connectivity index (χ3n) is 2.62. The average molecular weight is 364 g/mol. The van der Waals surface area contributed by atoms with Gasteiger partial charge in [0, 0.05) is 0 Å². The molecule has 7 heteroatoms. The largest absolute Gasteiger partial charge is 0.375 e. The molecule has 1 amide bonds. The highest BCUT2D eigenvalue weighted by Gasteiger charge is 2.09. The van der Waals surface area contributed by atoms with Crippen LogP contribution in [0.3, 0.4) is 0 Å². The summed E-state index contributed by atoms with van der Waals surface area (Å²) in [5.41, 5.74) is 1.03. The molecule has 2 aromatic carbocycles. The van der Waals surface area contributed by atoms with Gasteiger partial charge in [0.2, 0.25) is 5.91 Å². The lowest BCUT2D eigenvalue weighted by Gasteiger charge is -2.11. The van der Waals surface area contributed by atoms with E-state index in [9.17, 15) is 4.79 Å². The van der Waals surface area contributed by atoms with Gasteiger partial charge in [-0.3, -0.25) is 4.79 Å². The summed E-state index contributed by atoms with van der Waals surface area (Å²) in [6, 6.07) is 10.1. The van der Waals surface area contributed by atoms with Gasteiger partial charge in [-0.2, -0.15) is 0 Å². The van der Waals surface area contributed by atoms with E-state index in [1.54, 1.807) is 36.4 Å². The molecule has 0 spiro atoms. The van der Waals surface area contributed by atoms with Crippen molar-refractivity contribution in [1.82, 2.24) is 0 Å². The standard InChI is InChI=1S/C14H10Cl4N2O/c15-8-3-1-5-10(13(8)17)19-7-12(21)20-11-6-2-4-9(16)14(11)18/h1-6,19H,7H2,(H,20,21). The van der Waals surface area contributed by atoms with Gasteiger partial charge >= 0.3 is 0 Å². The Balaban J connectivity index is 1.99. The number of anilines is 2. The topological polar surface area (TPSA) is 41.1 Å². The van der Waals surface area contributed by atoms with Crippen molar-refractivity contribution < 1.29 is 4.79 Å². The fraction of sp³-hybridized carbons (Fsp3) is 0.0714. The Hall–Kier alpha value is -1.13. The van der Waals surface area contributed by atoms with Crippen molar-refractivity contribution in [1.29, 1.82) is 0 Å². The molecule has 0 fully saturated rings. The quantitative estimate of drug-likeness (QED) is 0.768. The summed E-state index contributed by atoms with van der Waals surface area (Å²) in [7, 11) is 0. The van der Waals surface area contributed by atoms with E-state index in [-0.39, 0.29) is 12.5 Å². The number of carbonyl (C=O) groups excluding carboxylic acids is 1. The monoisotopic (exact) mass is 362 g/mol. The molecule has 2 aromatic rings. The summed E-state index contributed by atoms with van der Waals surface area (Å²) in [6.45, 7) is 0.0168. The molecule has 0 saturated carbocycles. The molecular weight excluding hydrogens is 354 g/mol. The molecule has 0 atom stereocenters. The Morgan fingerprint density at radius 3 is 2.00 bits per heavy atom. The Kier molecular flexibility index (Phi) is 5.59. The lowest BCUT2D eigenvalue weighted by atomic mass is 10.3. The van der Waals surface area contributed by atoms with Crippen LogP contribution in [0.25, 0.3) is 0 Å². The molecular formula is C14H10Cl4N2O. The first-order valence-electron chi connectivity index (χ1n) is 5.91. The van der Waals surface area contributed by atoms with Crippen LogP contribution in [0.15, 0.2) is 36.4 Å². The second-order valence-corrected chi connectivity index (χ2v) is 5.67. The molecule has 110 valence electrons. The number of nitrogens with one attached hydrogen (secondary N) is 2. The molecule has 0 aliphatic rings. The second kappa shape index (κ2) is 7.23. The molecule has 0 unspecified atom stereocenters.